The molecule has 2 aliphatic heterocycles. The molecule has 3 aliphatic rings. The molecule has 21 heavy (non-hydrogen) atoms. The van der Waals surface area contributed by atoms with Crippen molar-refractivity contribution in [2.75, 3.05) is 25.0 Å². The van der Waals surface area contributed by atoms with E-state index in [4.69, 9.17) is 9.72 Å². The number of fused-ring (bicyclic) bond motifs is 2. The maximum absolute atomic E-state index is 11.2. The largest absolute Gasteiger partial charge is 0.375 e. The Balaban J connectivity index is 1.57. The Hall–Kier alpha value is -0.980. The summed E-state index contributed by atoms with van der Waals surface area (Å²) in [6.07, 6.45) is 5.00. The number of ether oxygens (including phenoxy) is 1. The number of aromatic nitrogens is 1. The average molecular weight is 307 g/mol. The molecule has 0 radical (unpaired) electrons. The fourth-order valence-corrected chi connectivity index (χ4v) is 4.68. The summed E-state index contributed by atoms with van der Waals surface area (Å²) in [5, 5.41) is 3.55. The summed E-state index contributed by atoms with van der Waals surface area (Å²) in [6, 6.07) is 0.844. The molecule has 6 heteroatoms. The average Bonchev–Trinajstić information content (AvgIpc) is 3.21. The van der Waals surface area contributed by atoms with Crippen molar-refractivity contribution in [3.05, 3.63) is 10.6 Å². The summed E-state index contributed by atoms with van der Waals surface area (Å²) in [6.45, 7) is 5.25. The number of nitrogens with zero attached hydrogens (tertiary/aromatic N) is 2. The van der Waals surface area contributed by atoms with Crippen LogP contribution in [0.15, 0.2) is 0 Å². The molecule has 0 bridgehead atoms. The second kappa shape index (κ2) is 5.04. The van der Waals surface area contributed by atoms with E-state index in [1.54, 1.807) is 11.3 Å². The molecule has 1 spiro atoms. The van der Waals surface area contributed by atoms with E-state index in [9.17, 15) is 4.79 Å². The third-order valence-corrected chi connectivity index (χ3v) is 5.86. The monoisotopic (exact) mass is 307 g/mol. The second-order valence-electron chi connectivity index (χ2n) is 6.51. The number of hydrogen-bond acceptors (Lipinski definition) is 5. The number of hydrogen-bond donors (Lipinski definition) is 1. The van der Waals surface area contributed by atoms with Crippen molar-refractivity contribution in [3.63, 3.8) is 0 Å². The Morgan fingerprint density at radius 3 is 2.86 bits per heavy atom. The molecule has 5 nitrogen and oxygen atoms in total. The Kier molecular flexibility index (Phi) is 3.28. The number of piperidine rings is 1. The van der Waals surface area contributed by atoms with Crippen LogP contribution in [0.2, 0.25) is 0 Å². The minimum absolute atomic E-state index is 0.0559. The van der Waals surface area contributed by atoms with E-state index in [0.717, 1.165) is 43.7 Å². The van der Waals surface area contributed by atoms with E-state index in [2.05, 4.69) is 10.2 Å². The van der Waals surface area contributed by atoms with E-state index in [1.165, 1.54) is 30.3 Å². The smallest absolute Gasteiger partial charge is 0.223 e. The van der Waals surface area contributed by atoms with E-state index in [1.807, 2.05) is 0 Å². The van der Waals surface area contributed by atoms with Crippen molar-refractivity contribution < 1.29 is 9.53 Å². The lowest BCUT2D eigenvalue weighted by atomic mass is 9.75. The summed E-state index contributed by atoms with van der Waals surface area (Å²) in [4.78, 5) is 19.8. The van der Waals surface area contributed by atoms with Crippen LogP contribution in [0.5, 0.6) is 0 Å². The van der Waals surface area contributed by atoms with Gasteiger partial charge in [0.1, 0.15) is 0 Å². The van der Waals surface area contributed by atoms with Crippen molar-refractivity contribution in [3.8, 4) is 0 Å². The molecule has 3 heterocycles. The molecule has 1 N–H and O–H groups in total. The first kappa shape index (κ1) is 13.7. The zero-order valence-electron chi connectivity index (χ0n) is 12.4. The summed E-state index contributed by atoms with van der Waals surface area (Å²) >= 11 is 1.57. The summed E-state index contributed by atoms with van der Waals surface area (Å²) in [5.74, 6) is -0.0559. The zero-order valence-corrected chi connectivity index (χ0v) is 13.2. The van der Waals surface area contributed by atoms with Crippen LogP contribution in [0.3, 0.4) is 0 Å². The first-order valence-electron chi connectivity index (χ1n) is 7.76. The van der Waals surface area contributed by atoms with E-state index < -0.39 is 0 Å². The summed E-state index contributed by atoms with van der Waals surface area (Å²) in [7, 11) is 0. The van der Waals surface area contributed by atoms with Crippen LogP contribution in [0.4, 0.5) is 5.13 Å². The molecule has 1 aliphatic carbocycles. The molecule has 1 saturated carbocycles. The standard InChI is InChI=1S/C15H21N3O2S/c1-10(19)16-14-17-13-12(21-14)8-20-9-15(13)4-6-18(7-5-15)11-2-3-11/h11H,2-9H2,1H3,(H,16,17,19). The molecule has 0 aromatic carbocycles. The lowest BCUT2D eigenvalue weighted by Gasteiger charge is -2.43. The van der Waals surface area contributed by atoms with Gasteiger partial charge in [-0.1, -0.05) is 11.3 Å². The molecule has 1 saturated heterocycles. The van der Waals surface area contributed by atoms with Crippen LogP contribution in [0, 0.1) is 0 Å². The Bertz CT molecular complexity index is 559. The quantitative estimate of drug-likeness (QED) is 0.909. The fourth-order valence-electron chi connectivity index (χ4n) is 3.61. The molecule has 114 valence electrons. The topological polar surface area (TPSA) is 54.5 Å². The van der Waals surface area contributed by atoms with Crippen molar-refractivity contribution in [2.45, 2.75) is 50.7 Å². The number of nitrogens with one attached hydrogen (secondary N) is 1. The normalized spacial score (nSPS) is 24.8. The highest BCUT2D eigenvalue weighted by molar-refractivity contribution is 7.15. The Morgan fingerprint density at radius 2 is 2.19 bits per heavy atom. The van der Waals surface area contributed by atoms with E-state index in [0.29, 0.717) is 6.61 Å². The van der Waals surface area contributed by atoms with Gasteiger partial charge in [0.2, 0.25) is 5.91 Å². The molecule has 4 rings (SSSR count). The first-order chi connectivity index (χ1) is 10.2. The lowest BCUT2D eigenvalue weighted by molar-refractivity contribution is -0.114. The number of thiazole rings is 1. The van der Waals surface area contributed by atoms with Gasteiger partial charge < -0.3 is 15.0 Å². The number of likely N-dealkylation sites (tertiary alicyclic amines) is 1. The Morgan fingerprint density at radius 1 is 1.43 bits per heavy atom. The van der Waals surface area contributed by atoms with Crippen molar-refractivity contribution in [1.82, 2.24) is 9.88 Å². The number of amides is 1. The molecule has 0 atom stereocenters. The van der Waals surface area contributed by atoms with Crippen LogP contribution >= 0.6 is 11.3 Å². The van der Waals surface area contributed by atoms with Crippen LogP contribution < -0.4 is 5.32 Å². The van der Waals surface area contributed by atoms with Crippen LogP contribution in [0.25, 0.3) is 0 Å². The molecular formula is C15H21N3O2S. The van der Waals surface area contributed by atoms with Crippen molar-refractivity contribution in [2.24, 2.45) is 0 Å². The van der Waals surface area contributed by atoms with Gasteiger partial charge in [-0.15, -0.1) is 0 Å². The highest BCUT2D eigenvalue weighted by Crippen LogP contribution is 2.44. The van der Waals surface area contributed by atoms with Gasteiger partial charge in [-0.2, -0.15) is 0 Å². The fraction of sp³-hybridized carbons (Fsp3) is 0.733. The molecule has 1 amide bonds. The molecule has 1 aromatic rings. The molecule has 1 aromatic heterocycles. The number of rotatable bonds is 2. The van der Waals surface area contributed by atoms with Gasteiger partial charge in [0, 0.05) is 18.4 Å². The maximum atomic E-state index is 11.2. The van der Waals surface area contributed by atoms with Crippen LogP contribution in [-0.2, 0) is 21.6 Å². The van der Waals surface area contributed by atoms with Gasteiger partial charge in [0.25, 0.3) is 0 Å². The van der Waals surface area contributed by atoms with Crippen LogP contribution in [-0.4, -0.2) is 41.5 Å². The second-order valence-corrected chi connectivity index (χ2v) is 7.60. The van der Waals surface area contributed by atoms with Crippen molar-refractivity contribution in [1.29, 1.82) is 0 Å². The zero-order chi connectivity index (χ0) is 14.4. The Labute approximate surface area is 128 Å². The molecular weight excluding hydrogens is 286 g/mol. The van der Waals surface area contributed by atoms with Gasteiger partial charge in [0.05, 0.1) is 23.8 Å². The minimum atomic E-state index is -0.0559. The third-order valence-electron chi connectivity index (χ3n) is 4.91. The summed E-state index contributed by atoms with van der Waals surface area (Å²) < 4.78 is 5.86. The summed E-state index contributed by atoms with van der Waals surface area (Å²) in [5.41, 5.74) is 1.27. The van der Waals surface area contributed by atoms with Gasteiger partial charge >= 0.3 is 0 Å². The highest BCUT2D eigenvalue weighted by Gasteiger charge is 2.45. The lowest BCUT2D eigenvalue weighted by Crippen LogP contribution is -2.47. The molecule has 2 fully saturated rings. The van der Waals surface area contributed by atoms with Gasteiger partial charge in [-0.3, -0.25) is 4.79 Å². The van der Waals surface area contributed by atoms with Crippen LogP contribution in [0.1, 0.15) is 43.2 Å². The highest BCUT2D eigenvalue weighted by atomic mass is 32.1. The molecule has 0 unspecified atom stereocenters. The SMILES string of the molecule is CC(=O)Nc1nc2c(s1)COCC21CCN(C2CC2)CC1. The minimum Gasteiger partial charge on any atom is -0.375 e. The van der Waals surface area contributed by atoms with E-state index >= 15 is 0 Å². The predicted octanol–water partition coefficient (Wildman–Crippen LogP) is 2.13. The predicted molar refractivity (Wildman–Crippen MR) is 81.6 cm³/mol. The number of anilines is 1. The number of carbonyl (C=O) groups excluding carboxylic acids is 1. The first-order valence-corrected chi connectivity index (χ1v) is 8.57. The van der Waals surface area contributed by atoms with Gasteiger partial charge in [0.15, 0.2) is 5.13 Å². The van der Waals surface area contributed by atoms with Gasteiger partial charge in [-0.05, 0) is 38.8 Å². The van der Waals surface area contributed by atoms with E-state index in [-0.39, 0.29) is 11.3 Å². The van der Waals surface area contributed by atoms with Crippen molar-refractivity contribution >= 4 is 22.4 Å². The maximum Gasteiger partial charge on any atom is 0.223 e. The third kappa shape index (κ3) is 2.49. The number of carbonyl (C=O) groups is 1. The van der Waals surface area contributed by atoms with Gasteiger partial charge in [-0.25, -0.2) is 4.98 Å².